The molecular weight excluding hydrogens is 1010 g/mol. The Hall–Kier alpha value is -5.60. The van der Waals surface area contributed by atoms with Crippen LogP contribution in [0.5, 0.6) is 0 Å². The molecule has 0 N–H and O–H groups in total. The van der Waals surface area contributed by atoms with Gasteiger partial charge in [-0.05, 0) is 0 Å². The summed E-state index contributed by atoms with van der Waals surface area (Å²) < 4.78 is -0.205. The van der Waals surface area contributed by atoms with Crippen molar-refractivity contribution in [3.8, 4) is 44.5 Å². The van der Waals surface area contributed by atoms with Crippen molar-refractivity contribution < 1.29 is 15.6 Å². The van der Waals surface area contributed by atoms with Crippen molar-refractivity contribution in [1.29, 1.82) is 0 Å². The molecule has 0 fully saturated rings. The minimum atomic E-state index is -5.56. The number of unbranched alkanes of at least 4 members (excludes halogenated alkanes) is 2. The topological polar surface area (TPSA) is 0 Å². The number of rotatable bonds is 13. The quantitative estimate of drug-likeness (QED) is 0.101. The van der Waals surface area contributed by atoms with Crippen LogP contribution in [-0.2, 0) is 15.6 Å². The third kappa shape index (κ3) is 7.61. The summed E-state index contributed by atoms with van der Waals surface area (Å²) in [5.74, 6) is -2.01. The molecule has 0 heterocycles. The Kier molecular flexibility index (Phi) is 12.5. The second kappa shape index (κ2) is 19.0. The first-order valence-electron chi connectivity index (χ1n) is 26.4. The van der Waals surface area contributed by atoms with Gasteiger partial charge in [-0.2, -0.15) is 0 Å². The first-order chi connectivity index (χ1) is 35.2. The predicted octanol–water partition coefficient (Wildman–Crippen LogP) is 20.9. The fourth-order valence-corrected chi connectivity index (χ4v) is 44.4. The Morgan fingerprint density at radius 1 is 0.361 bits per heavy atom. The Morgan fingerprint density at radius 3 is 0.972 bits per heavy atom. The summed E-state index contributed by atoms with van der Waals surface area (Å²) in [5.41, 5.74) is 18.3. The normalized spacial score (nSPS) is 16.0. The van der Waals surface area contributed by atoms with Crippen molar-refractivity contribution in [2.75, 3.05) is 0 Å². The van der Waals surface area contributed by atoms with Gasteiger partial charge in [0, 0.05) is 0 Å². The molecule has 0 saturated heterocycles. The molecule has 0 aromatic heterocycles. The molecule has 10 aromatic rings. The Balaban J connectivity index is 1.21. The Labute approximate surface area is 434 Å². The molecule has 355 valence electrons. The van der Waals surface area contributed by atoms with Crippen LogP contribution in [0.25, 0.3) is 99.7 Å². The molecule has 4 heteroatoms. The van der Waals surface area contributed by atoms with Crippen molar-refractivity contribution in [3.05, 3.63) is 228 Å². The summed E-state index contributed by atoms with van der Waals surface area (Å²) in [6, 6.07) is 72.6. The number of benzene rings is 10. The van der Waals surface area contributed by atoms with Gasteiger partial charge in [-0.15, -0.1) is 0 Å². The van der Waals surface area contributed by atoms with Gasteiger partial charge >= 0.3 is 438 Å². The van der Waals surface area contributed by atoms with E-state index in [2.05, 4.69) is 233 Å². The summed E-state index contributed by atoms with van der Waals surface area (Å²) in [6.07, 6.45) is 11.5. The van der Waals surface area contributed by atoms with E-state index in [1.54, 1.807) is 0 Å². The van der Waals surface area contributed by atoms with Crippen molar-refractivity contribution >= 4 is 78.2 Å². The summed E-state index contributed by atoms with van der Waals surface area (Å²) in [4.78, 5) is 0. The van der Waals surface area contributed by atoms with Gasteiger partial charge in [0.25, 0.3) is 0 Å². The van der Waals surface area contributed by atoms with Crippen LogP contribution in [0.4, 0.5) is 0 Å². The minimum absolute atomic E-state index is 0.102. The van der Waals surface area contributed by atoms with E-state index in [0.29, 0.717) is 0 Å². The van der Waals surface area contributed by atoms with E-state index in [1.165, 1.54) is 121 Å². The maximum absolute atomic E-state index is 9.64. The maximum atomic E-state index is 9.64. The fraction of sp³-hybridized carbons (Fsp3) is 0.176. The van der Waals surface area contributed by atoms with E-state index in [4.69, 9.17) is 0 Å². The second-order valence-electron chi connectivity index (χ2n) is 21.0. The van der Waals surface area contributed by atoms with Gasteiger partial charge in [-0.25, -0.2) is 0 Å². The van der Waals surface area contributed by atoms with E-state index < -0.39 is 21.5 Å². The van der Waals surface area contributed by atoms with E-state index in [-0.39, 0.29) is 7.25 Å². The molecule has 0 aliphatic heterocycles. The van der Waals surface area contributed by atoms with Gasteiger partial charge in [-0.1, -0.05) is 0 Å². The van der Waals surface area contributed by atoms with Crippen LogP contribution in [0, 0.1) is 0 Å². The molecule has 10 aromatic carbocycles. The monoisotopic (exact) mass is 1070 g/mol. The second-order valence-corrected chi connectivity index (χ2v) is 63.5. The zero-order valence-corrected chi connectivity index (χ0v) is 47.0. The molecule has 0 amide bonds. The van der Waals surface area contributed by atoms with Crippen molar-refractivity contribution in [2.24, 2.45) is 0 Å². The van der Waals surface area contributed by atoms with Gasteiger partial charge in [0.05, 0.1) is 0 Å². The molecule has 2 atom stereocenters. The summed E-state index contributed by atoms with van der Waals surface area (Å²) in [5, 5.41) is 10.0. The van der Waals surface area contributed by atoms with Gasteiger partial charge in [-0.3, -0.25) is 0 Å². The third-order valence-electron chi connectivity index (χ3n) is 16.7. The van der Waals surface area contributed by atoms with Crippen LogP contribution in [0.15, 0.2) is 205 Å². The van der Waals surface area contributed by atoms with Gasteiger partial charge in [0.2, 0.25) is 0 Å². The molecule has 0 spiro atoms. The molecular formula is C68H61Cl2SiZr. The SMILES string of the molecule is CCCCC1=Cc2c(-c3cccc4ccccc34)ccc(-c3cccc4ccccc34)c2[CH]1[Zr]([Cl])([Cl])([CH]1C(CCCC)=Cc2c(-c3cccc4ccccc34)ccc(-c3cccc4ccccc34)c21)[SiH](C)C. The number of hydrogen-bond acceptors (Lipinski definition) is 0. The molecule has 0 bridgehead atoms. The average Bonchev–Trinajstić information content (AvgIpc) is 4.02. The Bertz CT molecular complexity index is 3570. The van der Waals surface area contributed by atoms with Crippen LogP contribution in [0.3, 0.4) is 0 Å². The first kappa shape index (κ1) is 47.4. The number of fused-ring (bicyclic) bond motifs is 6. The van der Waals surface area contributed by atoms with Crippen molar-refractivity contribution in [3.63, 3.8) is 0 Å². The van der Waals surface area contributed by atoms with Crippen molar-refractivity contribution in [1.82, 2.24) is 0 Å². The van der Waals surface area contributed by atoms with Crippen LogP contribution in [-0.4, -0.2) is 5.92 Å². The predicted molar refractivity (Wildman–Crippen MR) is 316 cm³/mol. The molecule has 72 heavy (non-hydrogen) atoms. The van der Waals surface area contributed by atoms with Crippen molar-refractivity contribution in [2.45, 2.75) is 72.7 Å². The van der Waals surface area contributed by atoms with E-state index in [9.17, 15) is 17.0 Å². The molecule has 12 rings (SSSR count). The fourth-order valence-electron chi connectivity index (χ4n) is 13.2. The average molecular weight is 1070 g/mol. The molecule has 2 aliphatic rings. The van der Waals surface area contributed by atoms with Crippen LogP contribution in [0.1, 0.15) is 81.9 Å². The van der Waals surface area contributed by atoms with Crippen LogP contribution >= 0.6 is 17.0 Å². The third-order valence-corrected chi connectivity index (χ3v) is 68.5. The Morgan fingerprint density at radius 2 is 0.653 bits per heavy atom. The van der Waals surface area contributed by atoms with E-state index in [0.717, 1.165) is 38.5 Å². The molecule has 2 aliphatic carbocycles. The number of allylic oxidation sites excluding steroid dienone is 2. The molecule has 0 radical (unpaired) electrons. The zero-order chi connectivity index (χ0) is 49.2. The molecule has 2 unspecified atom stereocenters. The number of hydrogen-bond donors (Lipinski definition) is 0. The summed E-state index contributed by atoms with van der Waals surface area (Å²) >= 11 is -5.56. The van der Waals surface area contributed by atoms with Crippen LogP contribution < -0.4 is 0 Å². The standard InChI is InChI=1S/2C33H27.C2H7Si.2ClH.Zr/c2*1-2-3-10-23-21-32-30(28-17-8-13-24-11-4-6-15-26(24)28)19-20-31(33(32)22-23)29-18-9-14-25-12-5-7-16-27(25)29;1-3-2;;;/h2*4-9,11-22H,2-3,10H2,1H3;3H,1-2H3;2*1H;/q;;;;;+2/p-2. The van der Waals surface area contributed by atoms with E-state index in [1.807, 2.05) is 0 Å². The van der Waals surface area contributed by atoms with Gasteiger partial charge in [0.1, 0.15) is 0 Å². The van der Waals surface area contributed by atoms with Gasteiger partial charge in [0.15, 0.2) is 0 Å². The number of halogens is 2. The van der Waals surface area contributed by atoms with E-state index >= 15 is 0 Å². The van der Waals surface area contributed by atoms with Crippen LogP contribution in [0.2, 0.25) is 13.1 Å². The molecule has 0 saturated carbocycles. The van der Waals surface area contributed by atoms with Gasteiger partial charge < -0.3 is 0 Å². The molecule has 0 nitrogen and oxygen atoms in total. The summed E-state index contributed by atoms with van der Waals surface area (Å²) in [7, 11) is 19.3. The zero-order valence-electron chi connectivity index (χ0n) is 41.9. The first-order valence-corrected chi connectivity index (χ1v) is 42.7. The summed E-state index contributed by atoms with van der Waals surface area (Å²) in [6.45, 7) is 9.73.